The molecule has 1 aliphatic rings. The first kappa shape index (κ1) is 19.6. The summed E-state index contributed by atoms with van der Waals surface area (Å²) in [5.74, 6) is -4.44. The standard InChI is InChI=1S/C11H12F6O5S/c1-5-7(22-23(19,20)11(15,16)17)6(8(18)21-3)4-9(5,2)10(12,13)14/h5H,4H2,1-3H3. The van der Waals surface area contributed by atoms with Crippen molar-refractivity contribution < 1.29 is 48.5 Å². The van der Waals surface area contributed by atoms with Crippen LogP contribution in [0.1, 0.15) is 20.3 Å². The highest BCUT2D eigenvalue weighted by molar-refractivity contribution is 7.87. The minimum Gasteiger partial charge on any atom is -0.466 e. The van der Waals surface area contributed by atoms with Gasteiger partial charge in [-0.3, -0.25) is 0 Å². The fourth-order valence-corrected chi connectivity index (χ4v) is 2.66. The van der Waals surface area contributed by atoms with Crippen LogP contribution in [0.2, 0.25) is 0 Å². The van der Waals surface area contributed by atoms with Gasteiger partial charge in [-0.05, 0) is 13.3 Å². The molecule has 1 rings (SSSR count). The Bertz CT molecular complexity index is 632. The summed E-state index contributed by atoms with van der Waals surface area (Å²) in [4.78, 5) is 11.5. The van der Waals surface area contributed by atoms with E-state index in [1.807, 2.05) is 0 Å². The molecule has 5 nitrogen and oxygen atoms in total. The van der Waals surface area contributed by atoms with Gasteiger partial charge in [0.05, 0.1) is 18.1 Å². The lowest BCUT2D eigenvalue weighted by molar-refractivity contribution is -0.228. The first-order valence-corrected chi connectivity index (χ1v) is 7.38. The molecule has 0 heterocycles. The van der Waals surface area contributed by atoms with Crippen LogP contribution in [0.5, 0.6) is 0 Å². The molecule has 0 spiro atoms. The van der Waals surface area contributed by atoms with E-state index in [9.17, 15) is 39.6 Å². The Labute approximate surface area is 127 Å². The summed E-state index contributed by atoms with van der Waals surface area (Å²) in [6.07, 6.45) is -5.98. The Morgan fingerprint density at radius 2 is 1.70 bits per heavy atom. The Morgan fingerprint density at radius 1 is 1.22 bits per heavy atom. The maximum atomic E-state index is 13.2. The fourth-order valence-electron chi connectivity index (χ4n) is 2.09. The number of rotatable bonds is 3. The van der Waals surface area contributed by atoms with Crippen LogP contribution < -0.4 is 0 Å². The van der Waals surface area contributed by atoms with E-state index in [-0.39, 0.29) is 0 Å². The van der Waals surface area contributed by atoms with Crippen LogP contribution in [-0.2, 0) is 23.8 Å². The number of esters is 1. The summed E-state index contributed by atoms with van der Waals surface area (Å²) in [6, 6.07) is 0. The van der Waals surface area contributed by atoms with Crippen molar-refractivity contribution >= 4 is 16.1 Å². The molecule has 0 radical (unpaired) electrons. The largest absolute Gasteiger partial charge is 0.534 e. The van der Waals surface area contributed by atoms with Gasteiger partial charge in [0.25, 0.3) is 0 Å². The maximum absolute atomic E-state index is 13.2. The minimum absolute atomic E-state index is 0.650. The summed E-state index contributed by atoms with van der Waals surface area (Å²) in [5, 5.41) is 0. The predicted molar refractivity (Wildman–Crippen MR) is 63.0 cm³/mol. The van der Waals surface area contributed by atoms with E-state index in [0.717, 1.165) is 14.0 Å². The highest BCUT2D eigenvalue weighted by Crippen LogP contribution is 2.56. The fraction of sp³-hybridized carbons (Fsp3) is 0.727. The van der Waals surface area contributed by atoms with Gasteiger partial charge in [-0.2, -0.15) is 34.8 Å². The molecule has 0 saturated carbocycles. The molecule has 134 valence electrons. The van der Waals surface area contributed by atoms with E-state index in [0.29, 0.717) is 6.92 Å². The summed E-state index contributed by atoms with van der Waals surface area (Å²) >= 11 is 0. The third kappa shape index (κ3) is 3.26. The number of hydrogen-bond acceptors (Lipinski definition) is 5. The van der Waals surface area contributed by atoms with Crippen molar-refractivity contribution in [1.29, 1.82) is 0 Å². The van der Waals surface area contributed by atoms with Gasteiger partial charge in [-0.25, -0.2) is 4.79 Å². The highest BCUT2D eigenvalue weighted by atomic mass is 32.2. The van der Waals surface area contributed by atoms with Crippen LogP contribution in [0.15, 0.2) is 11.3 Å². The lowest BCUT2D eigenvalue weighted by Crippen LogP contribution is -2.39. The van der Waals surface area contributed by atoms with E-state index in [1.54, 1.807) is 0 Å². The van der Waals surface area contributed by atoms with E-state index < -0.39 is 56.9 Å². The van der Waals surface area contributed by atoms with E-state index >= 15 is 0 Å². The van der Waals surface area contributed by atoms with Gasteiger partial charge in [-0.15, -0.1) is 0 Å². The van der Waals surface area contributed by atoms with E-state index in [1.165, 1.54) is 0 Å². The molecule has 0 N–H and O–H groups in total. The maximum Gasteiger partial charge on any atom is 0.534 e. The van der Waals surface area contributed by atoms with Gasteiger partial charge in [0.1, 0.15) is 5.76 Å². The molecule has 0 bridgehead atoms. The quantitative estimate of drug-likeness (QED) is 0.331. The molecular weight excluding hydrogens is 358 g/mol. The van der Waals surface area contributed by atoms with Crippen LogP contribution in [0, 0.1) is 11.3 Å². The van der Waals surface area contributed by atoms with Gasteiger partial charge in [0, 0.05) is 5.92 Å². The van der Waals surface area contributed by atoms with Crippen LogP contribution >= 0.6 is 0 Å². The summed E-state index contributed by atoms with van der Waals surface area (Å²) < 4.78 is 107. The molecular formula is C11H12F6O5S. The number of alkyl halides is 6. The molecule has 0 amide bonds. The van der Waals surface area contributed by atoms with E-state index in [2.05, 4.69) is 8.92 Å². The average Bonchev–Trinajstić information content (AvgIpc) is 2.61. The van der Waals surface area contributed by atoms with Crippen molar-refractivity contribution in [2.24, 2.45) is 11.3 Å². The molecule has 0 aromatic rings. The van der Waals surface area contributed by atoms with Crippen molar-refractivity contribution in [3.05, 3.63) is 11.3 Å². The molecule has 23 heavy (non-hydrogen) atoms. The normalized spacial score (nSPS) is 26.4. The SMILES string of the molecule is COC(=O)C1=C(OS(=O)(=O)C(F)(F)F)C(C)C(C)(C(F)(F)F)C1. The monoisotopic (exact) mass is 370 g/mol. The first-order chi connectivity index (χ1) is 10.1. The number of carbonyl (C=O) groups is 1. The summed E-state index contributed by atoms with van der Waals surface area (Å²) in [6.45, 7) is 1.47. The molecule has 2 atom stereocenters. The molecule has 1 aliphatic carbocycles. The lowest BCUT2D eigenvalue weighted by Gasteiger charge is -2.32. The smallest absolute Gasteiger partial charge is 0.466 e. The van der Waals surface area contributed by atoms with Crippen LogP contribution in [0.3, 0.4) is 0 Å². The van der Waals surface area contributed by atoms with E-state index in [4.69, 9.17) is 0 Å². The van der Waals surface area contributed by atoms with Crippen molar-refractivity contribution in [2.45, 2.75) is 32.0 Å². The number of allylic oxidation sites excluding steroid dienone is 1. The molecule has 12 heteroatoms. The van der Waals surface area contributed by atoms with Gasteiger partial charge in [0.2, 0.25) is 0 Å². The van der Waals surface area contributed by atoms with Crippen LogP contribution in [0.25, 0.3) is 0 Å². The molecule has 0 aliphatic heterocycles. The topological polar surface area (TPSA) is 69.7 Å². The third-order valence-corrected chi connectivity index (χ3v) is 4.72. The number of methoxy groups -OCH3 is 1. The summed E-state index contributed by atoms with van der Waals surface area (Å²) in [5.41, 5.74) is -9.42. The number of halogens is 6. The zero-order valence-electron chi connectivity index (χ0n) is 12.0. The molecule has 0 saturated heterocycles. The molecule has 0 aromatic heterocycles. The van der Waals surface area contributed by atoms with Crippen LogP contribution in [0.4, 0.5) is 26.3 Å². The lowest BCUT2D eigenvalue weighted by atomic mass is 9.78. The zero-order chi connectivity index (χ0) is 18.4. The van der Waals surface area contributed by atoms with Gasteiger partial charge in [0.15, 0.2) is 0 Å². The highest BCUT2D eigenvalue weighted by Gasteiger charge is 2.62. The van der Waals surface area contributed by atoms with Gasteiger partial charge in [-0.1, -0.05) is 6.92 Å². The second-order valence-electron chi connectivity index (χ2n) is 5.13. The Morgan fingerprint density at radius 3 is 2.04 bits per heavy atom. The number of ether oxygens (including phenoxy) is 1. The molecule has 2 unspecified atom stereocenters. The second kappa shape index (κ2) is 5.56. The first-order valence-electron chi connectivity index (χ1n) is 5.97. The number of carbonyl (C=O) groups excluding carboxylic acids is 1. The molecule has 0 fully saturated rings. The molecule has 0 aromatic carbocycles. The number of hydrogen-bond donors (Lipinski definition) is 0. The van der Waals surface area contributed by atoms with Crippen molar-refractivity contribution in [1.82, 2.24) is 0 Å². The minimum atomic E-state index is -6.22. The van der Waals surface area contributed by atoms with Gasteiger partial charge < -0.3 is 8.92 Å². The predicted octanol–water partition coefficient (Wildman–Crippen LogP) is 2.89. The second-order valence-corrected chi connectivity index (χ2v) is 6.67. The van der Waals surface area contributed by atoms with Gasteiger partial charge >= 0.3 is 27.8 Å². The summed E-state index contributed by atoms with van der Waals surface area (Å²) in [7, 11) is -5.43. The van der Waals surface area contributed by atoms with Crippen molar-refractivity contribution in [3.8, 4) is 0 Å². The van der Waals surface area contributed by atoms with Crippen LogP contribution in [-0.4, -0.2) is 33.2 Å². The van der Waals surface area contributed by atoms with Crippen molar-refractivity contribution in [3.63, 3.8) is 0 Å². The average molecular weight is 370 g/mol. The Hall–Kier alpha value is -1.46. The van der Waals surface area contributed by atoms with Crippen molar-refractivity contribution in [2.75, 3.05) is 7.11 Å². The Balaban J connectivity index is 3.42. The zero-order valence-corrected chi connectivity index (χ0v) is 12.8. The Kier molecular flexibility index (Phi) is 4.74. The third-order valence-electron chi connectivity index (χ3n) is 3.75.